The van der Waals surface area contributed by atoms with Crippen molar-refractivity contribution in [3.63, 3.8) is 0 Å². The number of sulfone groups is 1. The highest BCUT2D eigenvalue weighted by Crippen LogP contribution is 2.38. The number of alkyl halides is 3. The second-order valence-corrected chi connectivity index (χ2v) is 6.21. The van der Waals surface area contributed by atoms with E-state index in [1.54, 1.807) is 0 Å². The van der Waals surface area contributed by atoms with E-state index in [1.807, 2.05) is 0 Å². The summed E-state index contributed by atoms with van der Waals surface area (Å²) in [6.45, 7) is 0. The molecule has 2 aromatic carbocycles. The lowest BCUT2D eigenvalue weighted by Gasteiger charge is -2.14. The number of benzene rings is 2. The van der Waals surface area contributed by atoms with Crippen LogP contribution in [0, 0.1) is 5.82 Å². The molecule has 2 aromatic rings. The molecule has 22 heavy (non-hydrogen) atoms. The predicted octanol–water partition coefficient (Wildman–Crippen LogP) is 3.69. The summed E-state index contributed by atoms with van der Waals surface area (Å²) in [5.74, 6) is -1.48. The molecule has 0 heterocycles. The highest BCUT2D eigenvalue weighted by Gasteiger charge is 2.40. The van der Waals surface area contributed by atoms with E-state index in [0.29, 0.717) is 6.07 Å². The van der Waals surface area contributed by atoms with Crippen LogP contribution in [0.4, 0.5) is 17.6 Å². The van der Waals surface area contributed by atoms with E-state index < -0.39 is 37.2 Å². The molecule has 0 fully saturated rings. The zero-order valence-corrected chi connectivity index (χ0v) is 12.0. The van der Waals surface area contributed by atoms with Crippen molar-refractivity contribution in [1.82, 2.24) is 0 Å². The smallest absolute Gasteiger partial charge is 0.420 e. The number of hydrogen-bond donors (Lipinski definition) is 0. The van der Waals surface area contributed by atoms with Crippen molar-refractivity contribution >= 4 is 9.84 Å². The summed E-state index contributed by atoms with van der Waals surface area (Å²) in [5.41, 5.74) is -1.81. The Morgan fingerprint density at radius 2 is 1.68 bits per heavy atom. The molecule has 2 rings (SSSR count). The molecular formula is C14H10F4O3S. The Kier molecular flexibility index (Phi) is 4.15. The zero-order valence-electron chi connectivity index (χ0n) is 11.2. The van der Waals surface area contributed by atoms with Gasteiger partial charge in [0.25, 0.3) is 0 Å². The maximum atomic E-state index is 13.5. The van der Waals surface area contributed by atoms with Crippen LogP contribution in [0.3, 0.4) is 0 Å². The number of ether oxygens (including phenoxy) is 1. The van der Waals surface area contributed by atoms with Crippen molar-refractivity contribution in [1.29, 1.82) is 0 Å². The maximum Gasteiger partial charge on any atom is 0.420 e. The monoisotopic (exact) mass is 334 g/mol. The second kappa shape index (κ2) is 5.60. The molecule has 0 N–H and O–H groups in total. The van der Waals surface area contributed by atoms with Crippen molar-refractivity contribution in [3.05, 3.63) is 53.8 Å². The number of rotatable bonds is 3. The minimum absolute atomic E-state index is 0.158. The summed E-state index contributed by atoms with van der Waals surface area (Å²) < 4.78 is 82.1. The highest BCUT2D eigenvalue weighted by atomic mass is 32.2. The van der Waals surface area contributed by atoms with Crippen LogP contribution in [0.5, 0.6) is 5.75 Å². The van der Waals surface area contributed by atoms with E-state index in [-0.39, 0.29) is 5.75 Å². The van der Waals surface area contributed by atoms with Crippen molar-refractivity contribution < 1.29 is 30.7 Å². The van der Waals surface area contributed by atoms with Gasteiger partial charge >= 0.3 is 6.18 Å². The van der Waals surface area contributed by atoms with Gasteiger partial charge in [0.2, 0.25) is 9.84 Å². The molecule has 0 saturated carbocycles. The molecule has 0 bridgehead atoms. The third kappa shape index (κ3) is 2.92. The molecule has 0 radical (unpaired) electrons. The van der Waals surface area contributed by atoms with Crippen molar-refractivity contribution in [3.8, 4) is 5.75 Å². The fourth-order valence-corrected chi connectivity index (χ4v) is 3.42. The summed E-state index contributed by atoms with van der Waals surface area (Å²) in [7, 11) is -3.26. The molecule has 0 saturated heterocycles. The van der Waals surface area contributed by atoms with Crippen LogP contribution in [0.2, 0.25) is 0 Å². The van der Waals surface area contributed by atoms with Crippen LogP contribution in [-0.2, 0) is 16.0 Å². The third-order valence-electron chi connectivity index (χ3n) is 2.90. The van der Waals surface area contributed by atoms with Gasteiger partial charge in [-0.05, 0) is 30.3 Å². The first-order valence-electron chi connectivity index (χ1n) is 5.93. The molecular weight excluding hydrogens is 324 g/mol. The Bertz CT molecular complexity index is 798. The van der Waals surface area contributed by atoms with E-state index >= 15 is 0 Å². The quantitative estimate of drug-likeness (QED) is 0.804. The van der Waals surface area contributed by atoms with Gasteiger partial charge in [-0.25, -0.2) is 12.8 Å². The van der Waals surface area contributed by atoms with Crippen LogP contribution in [0.15, 0.2) is 52.3 Å². The maximum absolute atomic E-state index is 13.5. The molecule has 0 amide bonds. The molecule has 3 nitrogen and oxygen atoms in total. The van der Waals surface area contributed by atoms with Gasteiger partial charge < -0.3 is 4.74 Å². The summed E-state index contributed by atoms with van der Waals surface area (Å²) in [6, 6.07) is 7.14. The standard InChI is InChI=1S/C14H10F4O3S/c1-21-9-4-2-5-10(8-9)22(19,20)12-7-3-6-11(15)13(12)14(16,17)18/h2-8H,1H3. The van der Waals surface area contributed by atoms with Crippen LogP contribution < -0.4 is 4.74 Å². The van der Waals surface area contributed by atoms with Gasteiger partial charge in [0, 0.05) is 0 Å². The van der Waals surface area contributed by atoms with E-state index in [1.165, 1.54) is 19.2 Å². The normalized spacial score (nSPS) is 12.2. The third-order valence-corrected chi connectivity index (χ3v) is 4.69. The number of hydrogen-bond acceptors (Lipinski definition) is 3. The molecule has 0 aliphatic rings. The lowest BCUT2D eigenvalue weighted by Crippen LogP contribution is -2.16. The summed E-state index contributed by atoms with van der Waals surface area (Å²) >= 11 is 0. The molecule has 0 spiro atoms. The average Bonchev–Trinajstić information content (AvgIpc) is 2.45. The largest absolute Gasteiger partial charge is 0.497 e. The van der Waals surface area contributed by atoms with E-state index in [9.17, 15) is 26.0 Å². The van der Waals surface area contributed by atoms with Crippen LogP contribution in [0.25, 0.3) is 0 Å². The summed E-state index contributed by atoms with van der Waals surface area (Å²) in [4.78, 5) is -1.55. The van der Waals surface area contributed by atoms with E-state index in [0.717, 1.165) is 24.3 Å². The minimum atomic E-state index is -5.13. The summed E-state index contributed by atoms with van der Waals surface area (Å²) in [5, 5.41) is 0. The van der Waals surface area contributed by atoms with Crippen molar-refractivity contribution in [2.24, 2.45) is 0 Å². The van der Waals surface area contributed by atoms with Gasteiger partial charge in [-0.1, -0.05) is 12.1 Å². The van der Waals surface area contributed by atoms with Gasteiger partial charge in [0.05, 0.1) is 16.9 Å². The molecule has 118 valence electrons. The molecule has 0 aromatic heterocycles. The Morgan fingerprint density at radius 3 is 2.27 bits per heavy atom. The topological polar surface area (TPSA) is 43.4 Å². The van der Waals surface area contributed by atoms with Gasteiger partial charge in [-0.15, -0.1) is 0 Å². The Balaban J connectivity index is 2.72. The lowest BCUT2D eigenvalue weighted by molar-refractivity contribution is -0.142. The van der Waals surface area contributed by atoms with Crippen molar-refractivity contribution in [2.75, 3.05) is 7.11 Å². The molecule has 0 aliphatic heterocycles. The predicted molar refractivity (Wildman–Crippen MR) is 69.8 cm³/mol. The SMILES string of the molecule is COc1cccc(S(=O)(=O)c2cccc(F)c2C(F)(F)F)c1. The Labute approximate surface area is 124 Å². The average molecular weight is 334 g/mol. The van der Waals surface area contributed by atoms with Crippen LogP contribution >= 0.6 is 0 Å². The highest BCUT2D eigenvalue weighted by molar-refractivity contribution is 7.91. The van der Waals surface area contributed by atoms with Gasteiger partial charge in [0.1, 0.15) is 17.1 Å². The molecule has 0 atom stereocenters. The van der Waals surface area contributed by atoms with Gasteiger partial charge in [-0.2, -0.15) is 13.2 Å². The second-order valence-electron chi connectivity index (χ2n) is 4.29. The van der Waals surface area contributed by atoms with Gasteiger partial charge in [0.15, 0.2) is 0 Å². The number of methoxy groups -OCH3 is 1. The summed E-state index contributed by atoms with van der Waals surface area (Å²) in [6.07, 6.45) is -5.13. The van der Waals surface area contributed by atoms with Crippen molar-refractivity contribution in [2.45, 2.75) is 16.0 Å². The fraction of sp³-hybridized carbons (Fsp3) is 0.143. The minimum Gasteiger partial charge on any atom is -0.497 e. The fourth-order valence-electron chi connectivity index (χ4n) is 1.90. The first-order valence-corrected chi connectivity index (χ1v) is 7.41. The van der Waals surface area contributed by atoms with E-state index in [4.69, 9.17) is 4.74 Å². The molecule has 8 heteroatoms. The van der Waals surface area contributed by atoms with Gasteiger partial charge in [-0.3, -0.25) is 0 Å². The van der Waals surface area contributed by atoms with E-state index in [2.05, 4.69) is 0 Å². The zero-order chi connectivity index (χ0) is 16.5. The first-order chi connectivity index (χ1) is 10.2. The Hall–Kier alpha value is -2.09. The van der Waals surface area contributed by atoms with Crippen LogP contribution in [0.1, 0.15) is 5.56 Å². The molecule has 0 aliphatic carbocycles. The first kappa shape index (κ1) is 16.3. The number of halogens is 4. The Morgan fingerprint density at radius 1 is 1.05 bits per heavy atom. The van der Waals surface area contributed by atoms with Crippen LogP contribution in [-0.4, -0.2) is 15.5 Å². The molecule has 0 unspecified atom stereocenters. The lowest BCUT2D eigenvalue weighted by atomic mass is 10.2.